The number of nitrogens with zero attached hydrogens (tertiary/aromatic N) is 1. The Labute approximate surface area is 102 Å². The molecular weight excluding hydrogens is 196 g/mol. The van der Waals surface area contributed by atoms with Crippen LogP contribution in [-0.2, 0) is 0 Å². The topological polar surface area (TPSA) is 29.3 Å². The summed E-state index contributed by atoms with van der Waals surface area (Å²) in [5, 5.41) is 0. The van der Waals surface area contributed by atoms with Gasteiger partial charge in [-0.2, -0.15) is 0 Å². The lowest BCUT2D eigenvalue weighted by molar-refractivity contribution is 0.0723. The fourth-order valence-electron chi connectivity index (χ4n) is 2.69. The average Bonchev–Trinajstić information content (AvgIpc) is 2.25. The SMILES string of the molecule is CN(CCC(C)(C)C)C1(CN)CCCCC1. The first kappa shape index (κ1) is 14.0. The van der Waals surface area contributed by atoms with Gasteiger partial charge in [-0.1, -0.05) is 40.0 Å². The van der Waals surface area contributed by atoms with Crippen molar-refractivity contribution >= 4 is 0 Å². The quantitative estimate of drug-likeness (QED) is 0.798. The van der Waals surface area contributed by atoms with E-state index < -0.39 is 0 Å². The summed E-state index contributed by atoms with van der Waals surface area (Å²) >= 11 is 0. The van der Waals surface area contributed by atoms with Gasteiger partial charge in [0.2, 0.25) is 0 Å². The van der Waals surface area contributed by atoms with Crippen LogP contribution in [-0.4, -0.2) is 30.6 Å². The lowest BCUT2D eigenvalue weighted by Gasteiger charge is -2.45. The van der Waals surface area contributed by atoms with E-state index in [1.807, 2.05) is 0 Å². The van der Waals surface area contributed by atoms with Crippen LogP contribution in [0.3, 0.4) is 0 Å². The Morgan fingerprint density at radius 2 is 1.69 bits per heavy atom. The summed E-state index contributed by atoms with van der Waals surface area (Å²) in [6, 6.07) is 0. The summed E-state index contributed by atoms with van der Waals surface area (Å²) in [4.78, 5) is 2.54. The molecule has 0 atom stereocenters. The molecule has 1 saturated carbocycles. The molecule has 0 aromatic rings. The van der Waals surface area contributed by atoms with Gasteiger partial charge >= 0.3 is 0 Å². The molecule has 0 saturated heterocycles. The summed E-state index contributed by atoms with van der Waals surface area (Å²) in [5.41, 5.74) is 6.78. The van der Waals surface area contributed by atoms with Crippen LogP contribution in [0, 0.1) is 5.41 Å². The fourth-order valence-corrected chi connectivity index (χ4v) is 2.69. The predicted octanol–water partition coefficient (Wildman–Crippen LogP) is 3.02. The van der Waals surface area contributed by atoms with Gasteiger partial charge < -0.3 is 5.73 Å². The second-order valence-electron chi connectivity index (χ2n) is 6.72. The van der Waals surface area contributed by atoms with Crippen LogP contribution in [0.2, 0.25) is 0 Å². The molecule has 0 aromatic carbocycles. The van der Waals surface area contributed by atoms with E-state index in [0.29, 0.717) is 11.0 Å². The molecule has 0 aliphatic heterocycles. The predicted molar refractivity (Wildman–Crippen MR) is 71.6 cm³/mol. The minimum atomic E-state index is 0.309. The maximum Gasteiger partial charge on any atom is 0.0328 e. The van der Waals surface area contributed by atoms with Crippen molar-refractivity contribution in [1.29, 1.82) is 0 Å². The van der Waals surface area contributed by atoms with Crippen LogP contribution in [0.15, 0.2) is 0 Å². The molecule has 0 spiro atoms. The van der Waals surface area contributed by atoms with Gasteiger partial charge in [0, 0.05) is 12.1 Å². The maximum absolute atomic E-state index is 6.04. The number of hydrogen-bond acceptors (Lipinski definition) is 2. The standard InChI is InChI=1S/C14H30N2/c1-13(2,3)10-11-16(4)14(12-15)8-6-5-7-9-14/h5-12,15H2,1-4H3. The molecule has 0 radical (unpaired) electrons. The van der Waals surface area contributed by atoms with Crippen molar-refractivity contribution in [2.75, 3.05) is 20.1 Å². The monoisotopic (exact) mass is 226 g/mol. The molecule has 2 heteroatoms. The lowest BCUT2D eigenvalue weighted by atomic mass is 9.80. The van der Waals surface area contributed by atoms with Crippen LogP contribution in [0.5, 0.6) is 0 Å². The van der Waals surface area contributed by atoms with Gasteiger partial charge in [-0.05, 0) is 38.3 Å². The molecule has 2 nitrogen and oxygen atoms in total. The van der Waals surface area contributed by atoms with E-state index in [4.69, 9.17) is 5.73 Å². The Kier molecular flexibility index (Phi) is 4.81. The third-order valence-electron chi connectivity index (χ3n) is 4.17. The zero-order valence-electron chi connectivity index (χ0n) is 11.7. The average molecular weight is 226 g/mol. The molecule has 0 bridgehead atoms. The van der Waals surface area contributed by atoms with Gasteiger partial charge in [-0.15, -0.1) is 0 Å². The van der Waals surface area contributed by atoms with Crippen molar-refractivity contribution in [2.24, 2.45) is 11.1 Å². The lowest BCUT2D eigenvalue weighted by Crippen LogP contribution is -2.53. The van der Waals surface area contributed by atoms with Gasteiger partial charge in [0.25, 0.3) is 0 Å². The summed E-state index contributed by atoms with van der Waals surface area (Å²) < 4.78 is 0. The number of rotatable bonds is 4. The first-order chi connectivity index (χ1) is 7.40. The molecule has 0 aromatic heterocycles. The highest BCUT2D eigenvalue weighted by Crippen LogP contribution is 2.33. The van der Waals surface area contributed by atoms with Crippen molar-refractivity contribution in [3.63, 3.8) is 0 Å². The number of nitrogens with two attached hydrogens (primary N) is 1. The number of hydrogen-bond donors (Lipinski definition) is 1. The van der Waals surface area contributed by atoms with E-state index in [-0.39, 0.29) is 0 Å². The molecule has 1 aliphatic rings. The van der Waals surface area contributed by atoms with Gasteiger partial charge in [0.1, 0.15) is 0 Å². The Morgan fingerprint density at radius 3 is 2.12 bits per heavy atom. The second-order valence-corrected chi connectivity index (χ2v) is 6.72. The van der Waals surface area contributed by atoms with Gasteiger partial charge in [0.05, 0.1) is 0 Å². The zero-order valence-corrected chi connectivity index (χ0v) is 11.7. The summed E-state index contributed by atoms with van der Waals surface area (Å²) in [7, 11) is 2.27. The van der Waals surface area contributed by atoms with E-state index in [2.05, 4.69) is 32.7 Å². The van der Waals surface area contributed by atoms with Crippen molar-refractivity contribution in [3.8, 4) is 0 Å². The van der Waals surface area contributed by atoms with Gasteiger partial charge in [-0.25, -0.2) is 0 Å². The Balaban J connectivity index is 2.51. The molecule has 2 N–H and O–H groups in total. The molecular formula is C14H30N2. The Hall–Kier alpha value is -0.0800. The normalized spacial score (nSPS) is 21.4. The van der Waals surface area contributed by atoms with Crippen molar-refractivity contribution in [1.82, 2.24) is 4.90 Å². The minimum absolute atomic E-state index is 0.309. The molecule has 96 valence electrons. The van der Waals surface area contributed by atoms with E-state index in [1.165, 1.54) is 45.1 Å². The fraction of sp³-hybridized carbons (Fsp3) is 1.00. The van der Waals surface area contributed by atoms with Crippen molar-refractivity contribution in [3.05, 3.63) is 0 Å². The summed E-state index contributed by atoms with van der Waals surface area (Å²) in [5.74, 6) is 0. The van der Waals surface area contributed by atoms with Crippen LogP contribution < -0.4 is 5.73 Å². The molecule has 1 rings (SSSR count). The molecule has 0 unspecified atom stereocenters. The van der Waals surface area contributed by atoms with Crippen LogP contribution in [0.25, 0.3) is 0 Å². The third-order valence-corrected chi connectivity index (χ3v) is 4.17. The Bertz CT molecular complexity index is 199. The van der Waals surface area contributed by atoms with E-state index >= 15 is 0 Å². The zero-order chi connectivity index (χ0) is 12.2. The highest BCUT2D eigenvalue weighted by molar-refractivity contribution is 4.93. The molecule has 1 fully saturated rings. The highest BCUT2D eigenvalue weighted by atomic mass is 15.2. The van der Waals surface area contributed by atoms with Crippen molar-refractivity contribution < 1.29 is 0 Å². The molecule has 1 aliphatic carbocycles. The molecule has 0 amide bonds. The van der Waals surface area contributed by atoms with Crippen LogP contribution >= 0.6 is 0 Å². The van der Waals surface area contributed by atoms with E-state index in [1.54, 1.807) is 0 Å². The maximum atomic E-state index is 6.04. The van der Waals surface area contributed by atoms with E-state index in [9.17, 15) is 0 Å². The summed E-state index contributed by atoms with van der Waals surface area (Å²) in [6.07, 6.45) is 7.96. The molecule has 16 heavy (non-hydrogen) atoms. The van der Waals surface area contributed by atoms with E-state index in [0.717, 1.165) is 6.54 Å². The van der Waals surface area contributed by atoms with Crippen molar-refractivity contribution in [2.45, 2.75) is 64.8 Å². The van der Waals surface area contributed by atoms with Gasteiger partial charge in [0.15, 0.2) is 0 Å². The van der Waals surface area contributed by atoms with Crippen LogP contribution in [0.4, 0.5) is 0 Å². The first-order valence-electron chi connectivity index (χ1n) is 6.81. The smallest absolute Gasteiger partial charge is 0.0328 e. The third kappa shape index (κ3) is 3.74. The number of likely N-dealkylation sites (N-methyl/N-ethyl adjacent to an activating group) is 1. The second kappa shape index (κ2) is 5.50. The molecule has 0 heterocycles. The van der Waals surface area contributed by atoms with Crippen LogP contribution in [0.1, 0.15) is 59.3 Å². The first-order valence-corrected chi connectivity index (χ1v) is 6.81. The largest absolute Gasteiger partial charge is 0.329 e. The highest BCUT2D eigenvalue weighted by Gasteiger charge is 2.34. The summed E-state index contributed by atoms with van der Waals surface area (Å²) in [6.45, 7) is 8.96. The Morgan fingerprint density at radius 1 is 1.12 bits per heavy atom. The van der Waals surface area contributed by atoms with Gasteiger partial charge in [-0.3, -0.25) is 4.90 Å². The minimum Gasteiger partial charge on any atom is -0.329 e.